The van der Waals surface area contributed by atoms with E-state index in [0.717, 1.165) is 18.7 Å². The molecule has 0 aromatic carbocycles. The number of nitrogens with zero attached hydrogens (tertiary/aromatic N) is 2. The van der Waals surface area contributed by atoms with Crippen LogP contribution in [-0.4, -0.2) is 22.7 Å². The molecule has 0 fully saturated rings. The first-order valence-electron chi connectivity index (χ1n) is 4.52. The van der Waals surface area contributed by atoms with Gasteiger partial charge in [-0.15, -0.1) is 0 Å². The van der Waals surface area contributed by atoms with Gasteiger partial charge in [0.1, 0.15) is 12.6 Å². The summed E-state index contributed by atoms with van der Waals surface area (Å²) in [6.45, 7) is 2.63. The molecule has 1 unspecified atom stereocenters. The summed E-state index contributed by atoms with van der Waals surface area (Å²) in [5, 5.41) is 0. The first-order chi connectivity index (χ1) is 6.27. The molecule has 0 spiro atoms. The lowest BCUT2D eigenvalue weighted by Crippen LogP contribution is -2.23. The van der Waals surface area contributed by atoms with Gasteiger partial charge in [0.05, 0.1) is 0 Å². The number of aromatic nitrogens is 2. The van der Waals surface area contributed by atoms with Crippen molar-refractivity contribution in [3.05, 3.63) is 18.2 Å². The Morgan fingerprint density at radius 3 is 3.08 bits per heavy atom. The van der Waals surface area contributed by atoms with Crippen LogP contribution in [-0.2, 0) is 17.9 Å². The Labute approximate surface area is 78.7 Å². The fourth-order valence-corrected chi connectivity index (χ4v) is 1.17. The summed E-state index contributed by atoms with van der Waals surface area (Å²) in [6, 6.07) is 0.193. The number of hydrogen-bond acceptors (Lipinski definition) is 3. The van der Waals surface area contributed by atoms with Crippen LogP contribution < -0.4 is 5.73 Å². The van der Waals surface area contributed by atoms with Crippen LogP contribution >= 0.6 is 0 Å². The van der Waals surface area contributed by atoms with E-state index < -0.39 is 0 Å². The van der Waals surface area contributed by atoms with Crippen LogP contribution in [0, 0.1) is 0 Å². The molecule has 0 saturated heterocycles. The second-order valence-corrected chi connectivity index (χ2v) is 3.10. The highest BCUT2D eigenvalue weighted by Gasteiger charge is 2.06. The molecule has 4 nitrogen and oxygen atoms in total. The van der Waals surface area contributed by atoms with Gasteiger partial charge in [-0.1, -0.05) is 6.92 Å². The molecule has 1 heterocycles. The lowest BCUT2D eigenvalue weighted by molar-refractivity contribution is 0.128. The molecule has 1 rings (SSSR count). The highest BCUT2D eigenvalue weighted by Crippen LogP contribution is 2.02. The normalized spacial score (nSPS) is 13.2. The number of nitrogens with two attached hydrogens (primary N) is 1. The quantitative estimate of drug-likeness (QED) is 0.733. The maximum absolute atomic E-state index is 5.84. The van der Waals surface area contributed by atoms with Crippen molar-refractivity contribution in [2.45, 2.75) is 32.5 Å². The van der Waals surface area contributed by atoms with E-state index in [0.29, 0.717) is 6.73 Å². The molecule has 0 aliphatic heterocycles. The van der Waals surface area contributed by atoms with Crippen LogP contribution in [0.3, 0.4) is 0 Å². The Hall–Kier alpha value is -0.870. The number of imidazole rings is 1. The molecule has 2 N–H and O–H groups in total. The van der Waals surface area contributed by atoms with Gasteiger partial charge >= 0.3 is 0 Å². The van der Waals surface area contributed by atoms with Crippen molar-refractivity contribution in [3.8, 4) is 0 Å². The largest absolute Gasteiger partial charge is 0.364 e. The molecular formula is C9H17N3O. The molecule has 0 amide bonds. The van der Waals surface area contributed by atoms with Crippen molar-refractivity contribution in [1.82, 2.24) is 9.55 Å². The van der Waals surface area contributed by atoms with Gasteiger partial charge < -0.3 is 15.0 Å². The summed E-state index contributed by atoms with van der Waals surface area (Å²) in [5.41, 5.74) is 5.84. The fraction of sp³-hybridized carbons (Fsp3) is 0.667. The van der Waals surface area contributed by atoms with Crippen LogP contribution in [0.15, 0.2) is 12.4 Å². The first kappa shape index (κ1) is 10.2. The summed E-state index contributed by atoms with van der Waals surface area (Å²) in [5.74, 6) is 0.996. The van der Waals surface area contributed by atoms with Gasteiger partial charge in [-0.3, -0.25) is 0 Å². The highest BCUT2D eigenvalue weighted by molar-refractivity contribution is 4.94. The zero-order valence-electron chi connectivity index (χ0n) is 8.23. The number of ether oxygens (including phenoxy) is 1. The molecule has 0 aliphatic rings. The predicted molar refractivity (Wildman–Crippen MR) is 51.2 cm³/mol. The summed E-state index contributed by atoms with van der Waals surface area (Å²) in [6.07, 6.45) is 5.46. The predicted octanol–water partition coefficient (Wildman–Crippen LogP) is 0.767. The smallest absolute Gasteiger partial charge is 0.123 e. The molecule has 1 aromatic rings. The molecule has 0 saturated carbocycles. The SMILES string of the molecule is CCC(N)Cc1nccn1COC. The lowest BCUT2D eigenvalue weighted by Gasteiger charge is -2.10. The summed E-state index contributed by atoms with van der Waals surface area (Å²) in [7, 11) is 1.67. The van der Waals surface area contributed by atoms with E-state index in [9.17, 15) is 0 Å². The van der Waals surface area contributed by atoms with Crippen molar-refractivity contribution >= 4 is 0 Å². The minimum atomic E-state index is 0.193. The van der Waals surface area contributed by atoms with E-state index in [4.69, 9.17) is 10.5 Å². The van der Waals surface area contributed by atoms with Crippen molar-refractivity contribution in [2.24, 2.45) is 5.73 Å². The topological polar surface area (TPSA) is 53.1 Å². The number of rotatable bonds is 5. The van der Waals surface area contributed by atoms with Crippen molar-refractivity contribution < 1.29 is 4.74 Å². The molecule has 0 aliphatic carbocycles. The average molecular weight is 183 g/mol. The van der Waals surface area contributed by atoms with Crippen molar-refractivity contribution in [3.63, 3.8) is 0 Å². The van der Waals surface area contributed by atoms with Crippen LogP contribution in [0.4, 0.5) is 0 Å². The van der Waals surface area contributed by atoms with Gasteiger partial charge in [0.2, 0.25) is 0 Å². The molecule has 1 atom stereocenters. The third-order valence-electron chi connectivity index (χ3n) is 2.04. The van der Waals surface area contributed by atoms with E-state index in [1.165, 1.54) is 0 Å². The summed E-state index contributed by atoms with van der Waals surface area (Å²) >= 11 is 0. The number of hydrogen-bond donors (Lipinski definition) is 1. The summed E-state index contributed by atoms with van der Waals surface area (Å²) < 4.78 is 6.99. The van der Waals surface area contributed by atoms with Gasteiger partial charge in [-0.05, 0) is 6.42 Å². The van der Waals surface area contributed by atoms with Gasteiger partial charge in [-0.2, -0.15) is 0 Å². The molecule has 0 bridgehead atoms. The van der Waals surface area contributed by atoms with Gasteiger partial charge in [0, 0.05) is 32.0 Å². The van der Waals surface area contributed by atoms with E-state index >= 15 is 0 Å². The monoisotopic (exact) mass is 183 g/mol. The van der Waals surface area contributed by atoms with E-state index in [2.05, 4.69) is 11.9 Å². The molecule has 13 heavy (non-hydrogen) atoms. The molecule has 4 heteroatoms. The fourth-order valence-electron chi connectivity index (χ4n) is 1.17. The van der Waals surface area contributed by atoms with Crippen molar-refractivity contribution in [1.29, 1.82) is 0 Å². The van der Waals surface area contributed by atoms with E-state index in [1.807, 2.05) is 10.8 Å². The van der Waals surface area contributed by atoms with Crippen LogP contribution in [0.25, 0.3) is 0 Å². The zero-order chi connectivity index (χ0) is 9.68. The van der Waals surface area contributed by atoms with Gasteiger partial charge in [0.15, 0.2) is 0 Å². The Morgan fingerprint density at radius 2 is 2.46 bits per heavy atom. The van der Waals surface area contributed by atoms with Gasteiger partial charge in [0.25, 0.3) is 0 Å². The van der Waals surface area contributed by atoms with Crippen LogP contribution in [0.2, 0.25) is 0 Å². The minimum Gasteiger partial charge on any atom is -0.364 e. The molecule has 0 radical (unpaired) electrons. The third kappa shape index (κ3) is 2.82. The molecule has 74 valence electrons. The maximum Gasteiger partial charge on any atom is 0.123 e. The van der Waals surface area contributed by atoms with Gasteiger partial charge in [-0.25, -0.2) is 4.98 Å². The first-order valence-corrected chi connectivity index (χ1v) is 4.52. The Kier molecular flexibility index (Phi) is 3.92. The molecular weight excluding hydrogens is 166 g/mol. The zero-order valence-corrected chi connectivity index (χ0v) is 8.23. The van der Waals surface area contributed by atoms with Crippen LogP contribution in [0.5, 0.6) is 0 Å². The lowest BCUT2D eigenvalue weighted by atomic mass is 10.1. The highest BCUT2D eigenvalue weighted by atomic mass is 16.5. The standard InChI is InChI=1S/C9H17N3O/c1-3-8(10)6-9-11-4-5-12(9)7-13-2/h4-5,8H,3,6-7,10H2,1-2H3. The van der Waals surface area contributed by atoms with E-state index in [-0.39, 0.29) is 6.04 Å². The van der Waals surface area contributed by atoms with Crippen molar-refractivity contribution in [2.75, 3.05) is 7.11 Å². The Bertz CT molecular complexity index is 247. The molecule has 1 aromatic heterocycles. The minimum absolute atomic E-state index is 0.193. The average Bonchev–Trinajstić information content (AvgIpc) is 2.54. The maximum atomic E-state index is 5.84. The second-order valence-electron chi connectivity index (χ2n) is 3.10. The summed E-state index contributed by atoms with van der Waals surface area (Å²) in [4.78, 5) is 4.23. The Balaban J connectivity index is 2.59. The third-order valence-corrected chi connectivity index (χ3v) is 2.04. The Morgan fingerprint density at radius 1 is 1.69 bits per heavy atom. The second kappa shape index (κ2) is 4.99. The van der Waals surface area contributed by atoms with Crippen LogP contribution in [0.1, 0.15) is 19.2 Å². The van der Waals surface area contributed by atoms with E-state index in [1.54, 1.807) is 13.3 Å². The number of methoxy groups -OCH3 is 1.